The predicted molar refractivity (Wildman–Crippen MR) is 73.6 cm³/mol. The molecular formula is C13H23N5O. The van der Waals surface area contributed by atoms with Gasteiger partial charge in [-0.05, 0) is 50.3 Å². The van der Waals surface area contributed by atoms with E-state index >= 15 is 0 Å². The van der Waals surface area contributed by atoms with E-state index < -0.39 is 0 Å². The van der Waals surface area contributed by atoms with Crippen molar-refractivity contribution in [2.45, 2.75) is 32.1 Å². The number of carbonyl (C=O) groups is 1. The molecule has 0 aliphatic carbocycles. The lowest BCUT2D eigenvalue weighted by Gasteiger charge is -2.27. The first-order valence-electron chi connectivity index (χ1n) is 7.30. The van der Waals surface area contributed by atoms with Crippen molar-refractivity contribution in [3.05, 3.63) is 10.4 Å². The van der Waals surface area contributed by atoms with E-state index in [1.807, 2.05) is 4.90 Å². The zero-order valence-corrected chi connectivity index (χ0v) is 11.5. The van der Waals surface area contributed by atoms with E-state index in [9.17, 15) is 4.79 Å². The number of hydrogen-bond acceptors (Lipinski definition) is 3. The Kier molecular flexibility index (Phi) is 5.48. The van der Waals surface area contributed by atoms with Crippen LogP contribution >= 0.6 is 0 Å². The van der Waals surface area contributed by atoms with Gasteiger partial charge in [0.25, 0.3) is 0 Å². The highest BCUT2D eigenvalue weighted by molar-refractivity contribution is 5.78. The number of likely N-dealkylation sites (tertiary alicyclic amines) is 2. The molecule has 0 saturated carbocycles. The van der Waals surface area contributed by atoms with Crippen molar-refractivity contribution in [2.75, 3.05) is 39.3 Å². The molecule has 2 heterocycles. The molecule has 1 unspecified atom stereocenters. The molecular weight excluding hydrogens is 242 g/mol. The normalized spacial score (nSPS) is 24.5. The SMILES string of the molecule is [N-]=[N+]=NCC1CC(=O)N(CCCN2CCCCC2)C1. The lowest BCUT2D eigenvalue weighted by molar-refractivity contribution is -0.127. The average molecular weight is 265 g/mol. The third-order valence-electron chi connectivity index (χ3n) is 4.05. The minimum atomic E-state index is 0.219. The molecule has 1 atom stereocenters. The topological polar surface area (TPSA) is 72.3 Å². The number of carbonyl (C=O) groups excluding carboxylic acids is 1. The number of amides is 1. The Bertz CT molecular complexity index is 347. The van der Waals surface area contributed by atoms with Gasteiger partial charge in [0.05, 0.1) is 0 Å². The highest BCUT2D eigenvalue weighted by Gasteiger charge is 2.28. The van der Waals surface area contributed by atoms with E-state index in [1.54, 1.807) is 0 Å². The standard InChI is InChI=1S/C13H23N5O/c14-16-15-10-12-9-13(19)18(11-12)8-4-7-17-5-2-1-3-6-17/h12H,1-11H2. The van der Waals surface area contributed by atoms with Gasteiger partial charge in [-0.3, -0.25) is 4.79 Å². The summed E-state index contributed by atoms with van der Waals surface area (Å²) in [4.78, 5) is 19.0. The maximum Gasteiger partial charge on any atom is 0.222 e. The Labute approximate surface area is 114 Å². The Morgan fingerprint density at radius 2 is 2.05 bits per heavy atom. The average Bonchev–Trinajstić information content (AvgIpc) is 2.78. The smallest absolute Gasteiger partial charge is 0.222 e. The number of piperidine rings is 1. The molecule has 0 aromatic carbocycles. The van der Waals surface area contributed by atoms with Crippen LogP contribution in [0, 0.1) is 5.92 Å². The van der Waals surface area contributed by atoms with Gasteiger partial charge in [-0.1, -0.05) is 11.5 Å². The van der Waals surface area contributed by atoms with Gasteiger partial charge >= 0.3 is 0 Å². The van der Waals surface area contributed by atoms with Gasteiger partial charge in [-0.15, -0.1) is 0 Å². The summed E-state index contributed by atoms with van der Waals surface area (Å²) in [6.45, 7) is 5.59. The van der Waals surface area contributed by atoms with Crippen LogP contribution in [0.15, 0.2) is 5.11 Å². The lowest BCUT2D eigenvalue weighted by Crippen LogP contribution is -2.34. The van der Waals surface area contributed by atoms with Crippen LogP contribution in [0.4, 0.5) is 0 Å². The van der Waals surface area contributed by atoms with Crippen LogP contribution in [0.1, 0.15) is 32.1 Å². The molecule has 2 aliphatic rings. The molecule has 19 heavy (non-hydrogen) atoms. The first-order chi connectivity index (χ1) is 9.29. The van der Waals surface area contributed by atoms with Gasteiger partial charge in [0.15, 0.2) is 0 Å². The zero-order valence-electron chi connectivity index (χ0n) is 11.5. The fraction of sp³-hybridized carbons (Fsp3) is 0.923. The van der Waals surface area contributed by atoms with Crippen molar-refractivity contribution in [1.82, 2.24) is 9.80 Å². The van der Waals surface area contributed by atoms with Gasteiger partial charge in [-0.2, -0.15) is 0 Å². The minimum Gasteiger partial charge on any atom is -0.342 e. The molecule has 0 bridgehead atoms. The summed E-state index contributed by atoms with van der Waals surface area (Å²) < 4.78 is 0. The van der Waals surface area contributed by atoms with E-state index in [4.69, 9.17) is 5.53 Å². The minimum absolute atomic E-state index is 0.219. The second kappa shape index (κ2) is 7.36. The Morgan fingerprint density at radius 1 is 1.26 bits per heavy atom. The van der Waals surface area contributed by atoms with Crippen molar-refractivity contribution in [3.63, 3.8) is 0 Å². The van der Waals surface area contributed by atoms with Crippen LogP contribution in [0.5, 0.6) is 0 Å². The van der Waals surface area contributed by atoms with Gasteiger partial charge in [0.2, 0.25) is 5.91 Å². The Morgan fingerprint density at radius 3 is 2.79 bits per heavy atom. The van der Waals surface area contributed by atoms with E-state index in [0.29, 0.717) is 13.0 Å². The summed E-state index contributed by atoms with van der Waals surface area (Å²) in [5.74, 6) is 0.440. The lowest BCUT2D eigenvalue weighted by atomic mass is 10.1. The fourth-order valence-corrected chi connectivity index (χ4v) is 3.01. The molecule has 0 aromatic rings. The molecule has 1 amide bonds. The number of azide groups is 1. The molecule has 0 radical (unpaired) electrons. The van der Waals surface area contributed by atoms with Crippen LogP contribution in [0.25, 0.3) is 10.4 Å². The first kappa shape index (κ1) is 14.2. The Balaban J connectivity index is 1.65. The number of nitrogens with zero attached hydrogens (tertiary/aromatic N) is 5. The highest BCUT2D eigenvalue weighted by Crippen LogP contribution is 2.18. The molecule has 106 valence electrons. The molecule has 2 saturated heterocycles. The van der Waals surface area contributed by atoms with Crippen LogP contribution in [-0.2, 0) is 4.79 Å². The maximum atomic E-state index is 11.8. The molecule has 0 N–H and O–H groups in total. The molecule has 2 fully saturated rings. The van der Waals surface area contributed by atoms with Crippen LogP contribution in [0.2, 0.25) is 0 Å². The van der Waals surface area contributed by atoms with Crippen molar-refractivity contribution in [1.29, 1.82) is 0 Å². The van der Waals surface area contributed by atoms with Gasteiger partial charge in [0.1, 0.15) is 0 Å². The van der Waals surface area contributed by atoms with Crippen molar-refractivity contribution < 1.29 is 4.79 Å². The predicted octanol–water partition coefficient (Wildman–Crippen LogP) is 2.02. The third kappa shape index (κ3) is 4.40. The van der Waals surface area contributed by atoms with Crippen molar-refractivity contribution in [2.24, 2.45) is 11.0 Å². The van der Waals surface area contributed by atoms with Crippen molar-refractivity contribution in [3.8, 4) is 0 Å². The van der Waals surface area contributed by atoms with Gasteiger partial charge in [0, 0.05) is 31.0 Å². The zero-order chi connectivity index (χ0) is 13.5. The number of rotatable bonds is 6. The molecule has 6 nitrogen and oxygen atoms in total. The fourth-order valence-electron chi connectivity index (χ4n) is 3.01. The van der Waals surface area contributed by atoms with Gasteiger partial charge in [-0.25, -0.2) is 0 Å². The molecule has 0 aromatic heterocycles. The monoisotopic (exact) mass is 265 g/mol. The second-order valence-corrected chi connectivity index (χ2v) is 5.58. The second-order valence-electron chi connectivity index (χ2n) is 5.58. The summed E-state index contributed by atoms with van der Waals surface area (Å²) in [5.41, 5.74) is 8.30. The van der Waals surface area contributed by atoms with Crippen LogP contribution in [0.3, 0.4) is 0 Å². The van der Waals surface area contributed by atoms with Crippen molar-refractivity contribution >= 4 is 5.91 Å². The first-order valence-corrected chi connectivity index (χ1v) is 7.30. The van der Waals surface area contributed by atoms with E-state index in [2.05, 4.69) is 14.9 Å². The van der Waals surface area contributed by atoms with Crippen LogP contribution in [-0.4, -0.2) is 55.0 Å². The molecule has 2 aliphatic heterocycles. The highest BCUT2D eigenvalue weighted by atomic mass is 16.2. The van der Waals surface area contributed by atoms with E-state index in [0.717, 1.165) is 26.1 Å². The third-order valence-corrected chi connectivity index (χ3v) is 4.05. The quantitative estimate of drug-likeness (QED) is 0.418. The largest absolute Gasteiger partial charge is 0.342 e. The van der Waals surface area contributed by atoms with Crippen LogP contribution < -0.4 is 0 Å². The van der Waals surface area contributed by atoms with E-state index in [1.165, 1.54) is 32.4 Å². The Hall–Kier alpha value is -1.26. The summed E-state index contributed by atoms with van der Waals surface area (Å²) in [5, 5.41) is 3.57. The molecule has 0 spiro atoms. The van der Waals surface area contributed by atoms with E-state index in [-0.39, 0.29) is 11.8 Å². The van der Waals surface area contributed by atoms with Gasteiger partial charge < -0.3 is 9.80 Å². The summed E-state index contributed by atoms with van der Waals surface area (Å²) in [6.07, 6.45) is 5.60. The summed E-state index contributed by atoms with van der Waals surface area (Å²) >= 11 is 0. The summed E-state index contributed by atoms with van der Waals surface area (Å²) in [7, 11) is 0. The number of hydrogen-bond donors (Lipinski definition) is 0. The molecule has 2 rings (SSSR count). The maximum absolute atomic E-state index is 11.8. The molecule has 6 heteroatoms. The summed E-state index contributed by atoms with van der Waals surface area (Å²) in [6, 6.07) is 0.